The Balaban J connectivity index is 1.89. The van der Waals surface area contributed by atoms with Gasteiger partial charge in [-0.05, 0) is 44.7 Å². The van der Waals surface area contributed by atoms with Gasteiger partial charge in [0.25, 0.3) is 0 Å². The van der Waals surface area contributed by atoms with E-state index >= 15 is 0 Å². The van der Waals surface area contributed by atoms with Gasteiger partial charge in [-0.25, -0.2) is 4.79 Å². The number of aliphatic hydroxyl groups excluding tert-OH is 1. The lowest BCUT2D eigenvalue weighted by atomic mass is 10.0. The van der Waals surface area contributed by atoms with Crippen molar-refractivity contribution in [2.45, 2.75) is 45.2 Å². The fraction of sp³-hybridized carbons (Fsp3) is 0.600. The number of aliphatic hydroxyl groups is 1. The van der Waals surface area contributed by atoms with Crippen LogP contribution in [0.1, 0.15) is 37.1 Å². The monoisotopic (exact) mass is 277 g/mol. The molecule has 2 N–H and O–H groups in total. The summed E-state index contributed by atoms with van der Waals surface area (Å²) in [5, 5.41) is 12.0. The standard InChI is InChI=1S/C15H23N3O2/c1-12-5-4-6-13(17-12)11-16-15(20)18-9-3-2-7-14(18)8-10-19/h4-6,14,19H,2-3,7-11H2,1H3,(H,16,20). The summed E-state index contributed by atoms with van der Waals surface area (Å²) in [6.45, 7) is 3.29. The molecular formula is C15H23N3O2. The Bertz CT molecular complexity index is 448. The van der Waals surface area contributed by atoms with E-state index in [1.54, 1.807) is 0 Å². The van der Waals surface area contributed by atoms with Crippen LogP contribution in [0.15, 0.2) is 18.2 Å². The topological polar surface area (TPSA) is 65.5 Å². The Hall–Kier alpha value is -1.62. The molecule has 0 aliphatic carbocycles. The van der Waals surface area contributed by atoms with E-state index in [-0.39, 0.29) is 18.7 Å². The third-order valence-electron chi connectivity index (χ3n) is 3.72. The van der Waals surface area contributed by atoms with Gasteiger partial charge in [0.05, 0.1) is 12.2 Å². The number of carbonyl (C=O) groups is 1. The van der Waals surface area contributed by atoms with Crippen LogP contribution in [-0.2, 0) is 6.54 Å². The lowest BCUT2D eigenvalue weighted by molar-refractivity contribution is 0.131. The van der Waals surface area contributed by atoms with Gasteiger partial charge in [0, 0.05) is 24.9 Å². The largest absolute Gasteiger partial charge is 0.396 e. The molecular weight excluding hydrogens is 254 g/mol. The molecule has 0 saturated carbocycles. The molecule has 110 valence electrons. The molecule has 2 heterocycles. The van der Waals surface area contributed by atoms with Gasteiger partial charge in [-0.2, -0.15) is 0 Å². The molecule has 20 heavy (non-hydrogen) atoms. The average Bonchev–Trinajstić information content (AvgIpc) is 2.46. The Labute approximate surface area is 120 Å². The highest BCUT2D eigenvalue weighted by Crippen LogP contribution is 2.19. The minimum atomic E-state index is -0.0496. The lowest BCUT2D eigenvalue weighted by Crippen LogP contribution is -2.48. The highest BCUT2D eigenvalue weighted by molar-refractivity contribution is 5.74. The zero-order chi connectivity index (χ0) is 14.4. The van der Waals surface area contributed by atoms with Gasteiger partial charge in [0.2, 0.25) is 0 Å². The first-order valence-electron chi connectivity index (χ1n) is 7.28. The molecule has 1 aromatic rings. The van der Waals surface area contributed by atoms with E-state index in [4.69, 9.17) is 5.11 Å². The van der Waals surface area contributed by atoms with Crippen LogP contribution in [0.2, 0.25) is 0 Å². The summed E-state index contributed by atoms with van der Waals surface area (Å²) in [5.41, 5.74) is 1.82. The maximum absolute atomic E-state index is 12.2. The molecule has 2 rings (SSSR count). The molecule has 0 radical (unpaired) electrons. The van der Waals surface area contributed by atoms with E-state index in [0.29, 0.717) is 13.0 Å². The second-order valence-corrected chi connectivity index (χ2v) is 5.28. The normalized spacial score (nSPS) is 18.9. The van der Waals surface area contributed by atoms with Crippen molar-refractivity contribution >= 4 is 6.03 Å². The number of piperidine rings is 1. The molecule has 1 aliphatic rings. The second kappa shape index (κ2) is 7.24. The van der Waals surface area contributed by atoms with Gasteiger partial charge < -0.3 is 15.3 Å². The molecule has 5 heteroatoms. The number of rotatable bonds is 4. The Kier molecular flexibility index (Phi) is 5.35. The molecule has 5 nitrogen and oxygen atoms in total. The smallest absolute Gasteiger partial charge is 0.317 e. The van der Waals surface area contributed by atoms with Gasteiger partial charge in [-0.3, -0.25) is 4.98 Å². The van der Waals surface area contributed by atoms with Crippen LogP contribution in [0.3, 0.4) is 0 Å². The first kappa shape index (κ1) is 14.8. The molecule has 1 saturated heterocycles. The van der Waals surface area contributed by atoms with Crippen LogP contribution in [-0.4, -0.2) is 40.2 Å². The number of aryl methyl sites for hydroxylation is 1. The van der Waals surface area contributed by atoms with Crippen LogP contribution >= 0.6 is 0 Å². The molecule has 1 aromatic heterocycles. The first-order valence-corrected chi connectivity index (χ1v) is 7.28. The molecule has 1 aliphatic heterocycles. The zero-order valence-electron chi connectivity index (χ0n) is 12.0. The summed E-state index contributed by atoms with van der Waals surface area (Å²) in [7, 11) is 0. The number of hydrogen-bond donors (Lipinski definition) is 2. The third kappa shape index (κ3) is 3.93. The Morgan fingerprint density at radius 1 is 1.50 bits per heavy atom. The van der Waals surface area contributed by atoms with E-state index in [2.05, 4.69) is 10.3 Å². The number of hydrogen-bond acceptors (Lipinski definition) is 3. The maximum Gasteiger partial charge on any atom is 0.317 e. The van der Waals surface area contributed by atoms with E-state index < -0.39 is 0 Å². The summed E-state index contributed by atoms with van der Waals surface area (Å²) < 4.78 is 0. The lowest BCUT2D eigenvalue weighted by Gasteiger charge is -2.35. The molecule has 1 fully saturated rings. The number of pyridine rings is 1. The van der Waals surface area contributed by atoms with Crippen molar-refractivity contribution < 1.29 is 9.90 Å². The number of nitrogens with one attached hydrogen (secondary N) is 1. The van der Waals surface area contributed by atoms with Crippen LogP contribution in [0.5, 0.6) is 0 Å². The minimum absolute atomic E-state index is 0.0496. The van der Waals surface area contributed by atoms with E-state index in [0.717, 1.165) is 37.2 Å². The van der Waals surface area contributed by atoms with Crippen LogP contribution in [0.25, 0.3) is 0 Å². The third-order valence-corrected chi connectivity index (χ3v) is 3.72. The fourth-order valence-corrected chi connectivity index (χ4v) is 2.68. The number of aromatic nitrogens is 1. The number of urea groups is 1. The summed E-state index contributed by atoms with van der Waals surface area (Å²) in [6, 6.07) is 5.91. The van der Waals surface area contributed by atoms with Gasteiger partial charge in [0.15, 0.2) is 0 Å². The van der Waals surface area contributed by atoms with E-state index in [1.165, 1.54) is 0 Å². The fourth-order valence-electron chi connectivity index (χ4n) is 2.68. The number of nitrogens with zero attached hydrogens (tertiary/aromatic N) is 2. The molecule has 1 atom stereocenters. The summed E-state index contributed by atoms with van der Waals surface area (Å²) >= 11 is 0. The minimum Gasteiger partial charge on any atom is -0.396 e. The predicted octanol–water partition coefficient (Wildman–Crippen LogP) is 1.84. The number of likely N-dealkylation sites (tertiary alicyclic amines) is 1. The highest BCUT2D eigenvalue weighted by Gasteiger charge is 2.25. The Morgan fingerprint density at radius 3 is 3.10 bits per heavy atom. The van der Waals surface area contributed by atoms with E-state index in [9.17, 15) is 4.79 Å². The average molecular weight is 277 g/mol. The van der Waals surface area contributed by atoms with Gasteiger partial charge in [-0.1, -0.05) is 6.07 Å². The molecule has 0 bridgehead atoms. The quantitative estimate of drug-likeness (QED) is 0.882. The predicted molar refractivity (Wildman–Crippen MR) is 77.3 cm³/mol. The van der Waals surface area contributed by atoms with E-state index in [1.807, 2.05) is 30.0 Å². The maximum atomic E-state index is 12.2. The SMILES string of the molecule is Cc1cccc(CNC(=O)N2CCCCC2CCO)n1. The van der Waals surface area contributed by atoms with Crippen molar-refractivity contribution in [1.29, 1.82) is 0 Å². The zero-order valence-corrected chi connectivity index (χ0v) is 12.0. The van der Waals surface area contributed by atoms with Crippen molar-refractivity contribution in [3.63, 3.8) is 0 Å². The molecule has 2 amide bonds. The van der Waals surface area contributed by atoms with Crippen LogP contribution in [0.4, 0.5) is 4.79 Å². The Morgan fingerprint density at radius 2 is 2.35 bits per heavy atom. The van der Waals surface area contributed by atoms with Gasteiger partial charge >= 0.3 is 6.03 Å². The summed E-state index contributed by atoms with van der Waals surface area (Å²) in [4.78, 5) is 18.5. The van der Waals surface area contributed by atoms with Gasteiger partial charge in [-0.15, -0.1) is 0 Å². The highest BCUT2D eigenvalue weighted by atomic mass is 16.3. The molecule has 1 unspecified atom stereocenters. The van der Waals surface area contributed by atoms with Crippen molar-refractivity contribution in [3.8, 4) is 0 Å². The van der Waals surface area contributed by atoms with Crippen molar-refractivity contribution in [2.24, 2.45) is 0 Å². The number of amides is 2. The van der Waals surface area contributed by atoms with Crippen molar-refractivity contribution in [2.75, 3.05) is 13.2 Å². The first-order chi connectivity index (χ1) is 9.70. The van der Waals surface area contributed by atoms with Crippen LogP contribution < -0.4 is 5.32 Å². The summed E-state index contributed by atoms with van der Waals surface area (Å²) in [6.07, 6.45) is 3.82. The van der Waals surface area contributed by atoms with Crippen molar-refractivity contribution in [3.05, 3.63) is 29.6 Å². The van der Waals surface area contributed by atoms with Gasteiger partial charge in [0.1, 0.15) is 0 Å². The van der Waals surface area contributed by atoms with Crippen molar-refractivity contribution in [1.82, 2.24) is 15.2 Å². The van der Waals surface area contributed by atoms with Crippen LogP contribution in [0, 0.1) is 6.92 Å². The molecule has 0 spiro atoms. The molecule has 0 aromatic carbocycles. The second-order valence-electron chi connectivity index (χ2n) is 5.28. The number of carbonyl (C=O) groups excluding carboxylic acids is 1. The summed E-state index contributed by atoms with van der Waals surface area (Å²) in [5.74, 6) is 0.